The van der Waals surface area contributed by atoms with Crippen molar-refractivity contribution in [3.63, 3.8) is 0 Å². The Morgan fingerprint density at radius 1 is 1.07 bits per heavy atom. The first-order valence-corrected chi connectivity index (χ1v) is 9.54. The van der Waals surface area contributed by atoms with E-state index < -0.39 is 5.60 Å². The monoisotopic (exact) mass is 404 g/mol. The number of halogens is 2. The number of hydrogen-bond acceptors (Lipinski definition) is 3. The van der Waals surface area contributed by atoms with E-state index in [0.29, 0.717) is 59.4 Å². The van der Waals surface area contributed by atoms with Gasteiger partial charge in [0.05, 0.1) is 22.0 Å². The lowest BCUT2D eigenvalue weighted by atomic mass is 9.82. The second-order valence-electron chi connectivity index (χ2n) is 6.93. The lowest BCUT2D eigenvalue weighted by Gasteiger charge is -2.43. The van der Waals surface area contributed by atoms with Crippen LogP contribution >= 0.6 is 23.2 Å². The van der Waals surface area contributed by atoms with Gasteiger partial charge in [-0.1, -0.05) is 35.3 Å². The van der Waals surface area contributed by atoms with Crippen molar-refractivity contribution in [2.75, 3.05) is 18.4 Å². The van der Waals surface area contributed by atoms with E-state index in [4.69, 9.17) is 27.9 Å². The van der Waals surface area contributed by atoms with E-state index in [2.05, 4.69) is 5.32 Å². The summed E-state index contributed by atoms with van der Waals surface area (Å²) in [7, 11) is 0. The minimum atomic E-state index is -0.522. The molecule has 0 bridgehead atoms. The van der Waals surface area contributed by atoms with Crippen LogP contribution in [-0.4, -0.2) is 35.4 Å². The molecular weight excluding hydrogens is 387 g/mol. The molecule has 0 aromatic heterocycles. The third kappa shape index (κ3) is 3.62. The normalized spacial score (nSPS) is 18.0. The summed E-state index contributed by atoms with van der Waals surface area (Å²) in [5.74, 6) is 0.744. The van der Waals surface area contributed by atoms with Gasteiger partial charge in [-0.15, -0.1) is 0 Å². The number of para-hydroxylation sites is 1. The van der Waals surface area contributed by atoms with Gasteiger partial charge in [0.2, 0.25) is 0 Å². The van der Waals surface area contributed by atoms with E-state index in [1.807, 2.05) is 18.2 Å². The van der Waals surface area contributed by atoms with E-state index in [9.17, 15) is 9.59 Å². The first-order valence-electron chi connectivity index (χ1n) is 8.78. The van der Waals surface area contributed by atoms with Gasteiger partial charge in [-0.25, -0.2) is 4.79 Å². The van der Waals surface area contributed by atoms with Crippen LogP contribution in [0.25, 0.3) is 0 Å². The molecule has 7 heteroatoms. The number of carbonyl (C=O) groups is 2. The molecule has 0 atom stereocenters. The van der Waals surface area contributed by atoms with Gasteiger partial charge in [-0.05, 0) is 30.3 Å². The maximum Gasteiger partial charge on any atom is 0.321 e. The number of benzene rings is 2. The summed E-state index contributed by atoms with van der Waals surface area (Å²) in [5, 5.41) is 3.66. The molecule has 27 heavy (non-hydrogen) atoms. The minimum Gasteiger partial charge on any atom is -0.486 e. The number of fused-ring (bicyclic) bond motifs is 1. The quantitative estimate of drug-likeness (QED) is 0.725. The van der Waals surface area contributed by atoms with Crippen LogP contribution < -0.4 is 10.1 Å². The third-order valence-electron chi connectivity index (χ3n) is 5.13. The molecule has 4 rings (SSSR count). The first-order chi connectivity index (χ1) is 13.0. The van der Waals surface area contributed by atoms with Crippen LogP contribution in [0.1, 0.15) is 29.6 Å². The molecule has 2 aromatic carbocycles. The Balaban J connectivity index is 1.41. The zero-order chi connectivity index (χ0) is 19.0. The topological polar surface area (TPSA) is 58.6 Å². The van der Waals surface area contributed by atoms with Gasteiger partial charge in [0.1, 0.15) is 11.4 Å². The highest BCUT2D eigenvalue weighted by Crippen LogP contribution is 2.39. The lowest BCUT2D eigenvalue weighted by Crippen LogP contribution is -2.53. The molecule has 5 nitrogen and oxygen atoms in total. The number of likely N-dealkylation sites (tertiary alicyclic amines) is 1. The smallest absolute Gasteiger partial charge is 0.321 e. The Morgan fingerprint density at radius 2 is 1.81 bits per heavy atom. The van der Waals surface area contributed by atoms with Crippen molar-refractivity contribution in [3.8, 4) is 5.75 Å². The molecule has 1 spiro atoms. The van der Waals surface area contributed by atoms with E-state index in [-0.39, 0.29) is 11.8 Å². The maximum absolute atomic E-state index is 12.5. The predicted octanol–water partition coefficient (Wildman–Crippen LogP) is 5.03. The molecular formula is C20H18Cl2N2O3. The van der Waals surface area contributed by atoms with Gasteiger partial charge >= 0.3 is 6.03 Å². The molecule has 0 radical (unpaired) electrons. The van der Waals surface area contributed by atoms with Crippen molar-refractivity contribution in [3.05, 3.63) is 58.1 Å². The molecule has 2 heterocycles. The van der Waals surface area contributed by atoms with Crippen LogP contribution in [0.5, 0.6) is 5.75 Å². The third-order valence-corrected chi connectivity index (χ3v) is 5.87. The number of anilines is 1. The molecule has 0 saturated carbocycles. The van der Waals surface area contributed by atoms with Gasteiger partial charge in [0, 0.05) is 31.6 Å². The number of ketones is 1. The van der Waals surface area contributed by atoms with Crippen LogP contribution in [0.2, 0.25) is 10.0 Å². The average Bonchev–Trinajstić information content (AvgIpc) is 2.65. The van der Waals surface area contributed by atoms with E-state index in [1.165, 1.54) is 0 Å². The highest BCUT2D eigenvalue weighted by Gasteiger charge is 2.43. The molecule has 1 fully saturated rings. The summed E-state index contributed by atoms with van der Waals surface area (Å²) in [6, 6.07) is 12.1. The van der Waals surface area contributed by atoms with Crippen molar-refractivity contribution < 1.29 is 14.3 Å². The lowest BCUT2D eigenvalue weighted by molar-refractivity contribution is 0.000391. The Kier molecular flexibility index (Phi) is 4.74. The van der Waals surface area contributed by atoms with E-state index >= 15 is 0 Å². The van der Waals surface area contributed by atoms with Crippen LogP contribution in [-0.2, 0) is 0 Å². The average molecular weight is 405 g/mol. The molecule has 2 aliphatic rings. The number of Topliss-reactive ketones (excluding diaryl/α,β-unsaturated/α-hetero) is 1. The molecule has 0 unspecified atom stereocenters. The number of urea groups is 1. The van der Waals surface area contributed by atoms with Crippen LogP contribution in [0.4, 0.5) is 10.5 Å². The number of rotatable bonds is 1. The summed E-state index contributed by atoms with van der Waals surface area (Å²) in [6.07, 6.45) is 1.58. The number of ether oxygens (including phenoxy) is 1. The van der Waals surface area contributed by atoms with E-state index in [1.54, 1.807) is 29.2 Å². The van der Waals surface area contributed by atoms with Gasteiger partial charge in [-0.2, -0.15) is 0 Å². The minimum absolute atomic E-state index is 0.102. The highest BCUT2D eigenvalue weighted by atomic mass is 35.5. The first kappa shape index (κ1) is 18.1. The molecule has 0 aliphatic carbocycles. The second-order valence-corrected chi connectivity index (χ2v) is 7.74. The van der Waals surface area contributed by atoms with Gasteiger partial charge in [-0.3, -0.25) is 4.79 Å². The van der Waals surface area contributed by atoms with Crippen molar-refractivity contribution in [1.29, 1.82) is 0 Å². The number of hydrogen-bond donors (Lipinski definition) is 1. The Morgan fingerprint density at radius 3 is 2.56 bits per heavy atom. The number of piperidine rings is 1. The van der Waals surface area contributed by atoms with Gasteiger partial charge in [0.25, 0.3) is 0 Å². The molecule has 1 N–H and O–H groups in total. The Hall–Kier alpha value is -2.24. The van der Waals surface area contributed by atoms with Gasteiger partial charge in [0.15, 0.2) is 5.78 Å². The second kappa shape index (κ2) is 7.06. The Bertz CT molecular complexity index is 908. The van der Waals surface area contributed by atoms with Crippen molar-refractivity contribution >= 4 is 40.7 Å². The zero-order valence-corrected chi connectivity index (χ0v) is 16.0. The molecule has 2 aromatic rings. The van der Waals surface area contributed by atoms with Crippen LogP contribution in [0.15, 0.2) is 42.5 Å². The predicted molar refractivity (Wildman–Crippen MR) is 105 cm³/mol. The van der Waals surface area contributed by atoms with Crippen molar-refractivity contribution in [2.24, 2.45) is 0 Å². The number of nitrogens with one attached hydrogen (secondary N) is 1. The standard InChI is InChI=1S/C20H18Cl2N2O3/c21-15-6-5-13(11-16(15)22)23-19(26)24-9-7-20(8-10-24)12-17(25)14-3-1-2-4-18(14)27-20/h1-6,11H,7-10,12H2,(H,23,26). The molecule has 2 amide bonds. The summed E-state index contributed by atoms with van der Waals surface area (Å²) < 4.78 is 6.19. The zero-order valence-electron chi connectivity index (χ0n) is 14.5. The Labute approximate surface area is 167 Å². The van der Waals surface area contributed by atoms with Crippen molar-refractivity contribution in [1.82, 2.24) is 4.90 Å². The fraction of sp³-hybridized carbons (Fsp3) is 0.300. The SMILES string of the molecule is O=C1CC2(CCN(C(=O)Nc3ccc(Cl)c(Cl)c3)CC2)Oc2ccccc21. The number of carbonyl (C=O) groups excluding carboxylic acids is 2. The van der Waals surface area contributed by atoms with Crippen LogP contribution in [0, 0.1) is 0 Å². The summed E-state index contributed by atoms with van der Waals surface area (Å²) >= 11 is 11.9. The summed E-state index contributed by atoms with van der Waals surface area (Å²) in [6.45, 7) is 1.03. The van der Waals surface area contributed by atoms with E-state index in [0.717, 1.165) is 0 Å². The maximum atomic E-state index is 12.5. The summed E-state index contributed by atoms with van der Waals surface area (Å²) in [5.41, 5.74) is 0.710. The fourth-order valence-corrected chi connectivity index (χ4v) is 3.91. The largest absolute Gasteiger partial charge is 0.486 e. The summed E-state index contributed by atoms with van der Waals surface area (Å²) in [4.78, 5) is 26.7. The highest BCUT2D eigenvalue weighted by molar-refractivity contribution is 6.42. The molecule has 140 valence electrons. The fourth-order valence-electron chi connectivity index (χ4n) is 3.62. The molecule has 1 saturated heterocycles. The van der Waals surface area contributed by atoms with Gasteiger partial charge < -0.3 is 15.0 Å². The number of nitrogens with zero attached hydrogens (tertiary/aromatic N) is 1. The van der Waals surface area contributed by atoms with Crippen LogP contribution in [0.3, 0.4) is 0 Å². The number of amides is 2. The molecule has 2 aliphatic heterocycles. The van der Waals surface area contributed by atoms with Crippen molar-refractivity contribution in [2.45, 2.75) is 24.9 Å².